The summed E-state index contributed by atoms with van der Waals surface area (Å²) in [6, 6.07) is 4.49. The molecule has 0 spiro atoms. The molecule has 0 amide bonds. The molecule has 0 aromatic carbocycles. The summed E-state index contributed by atoms with van der Waals surface area (Å²) in [5.41, 5.74) is 7.15. The summed E-state index contributed by atoms with van der Waals surface area (Å²) in [7, 11) is 0. The number of nitrogens with zero attached hydrogens (tertiary/aromatic N) is 3. The van der Waals surface area contributed by atoms with Crippen molar-refractivity contribution in [3.8, 4) is 0 Å². The number of hydrogen-bond acceptors (Lipinski definition) is 4. The number of rotatable bonds is 3. The highest BCUT2D eigenvalue weighted by atomic mass is 15.3. The molecule has 0 bridgehead atoms. The molecule has 1 aliphatic heterocycles. The number of pyridine rings is 1. The van der Waals surface area contributed by atoms with Gasteiger partial charge in [0.15, 0.2) is 0 Å². The molecule has 18 heavy (non-hydrogen) atoms. The third-order valence-electron chi connectivity index (χ3n) is 3.43. The molecule has 1 saturated heterocycles. The first-order valence-electron chi connectivity index (χ1n) is 6.38. The van der Waals surface area contributed by atoms with Gasteiger partial charge >= 0.3 is 0 Å². The van der Waals surface area contributed by atoms with E-state index in [9.17, 15) is 0 Å². The third-order valence-corrected chi connectivity index (χ3v) is 3.43. The van der Waals surface area contributed by atoms with E-state index in [0.717, 1.165) is 31.9 Å². The van der Waals surface area contributed by atoms with E-state index in [1.165, 1.54) is 0 Å². The molecule has 0 atom stereocenters. The van der Waals surface area contributed by atoms with Crippen molar-refractivity contribution >= 4 is 11.5 Å². The lowest BCUT2D eigenvalue weighted by atomic mass is 10.2. The van der Waals surface area contributed by atoms with E-state index in [4.69, 9.17) is 11.1 Å². The van der Waals surface area contributed by atoms with Crippen LogP contribution in [0.15, 0.2) is 18.3 Å². The predicted molar refractivity (Wildman–Crippen MR) is 74.2 cm³/mol. The Bertz CT molecular complexity index is 421. The zero-order valence-electron chi connectivity index (χ0n) is 11.1. The fraction of sp³-hybridized carbons (Fsp3) is 0.538. The zero-order chi connectivity index (χ0) is 13.1. The second kappa shape index (κ2) is 5.35. The van der Waals surface area contributed by atoms with Crippen molar-refractivity contribution in [2.45, 2.75) is 19.9 Å². The van der Waals surface area contributed by atoms with E-state index < -0.39 is 0 Å². The van der Waals surface area contributed by atoms with Gasteiger partial charge < -0.3 is 10.6 Å². The number of hydrogen-bond donors (Lipinski definition) is 2. The van der Waals surface area contributed by atoms with E-state index in [2.05, 4.69) is 28.6 Å². The van der Waals surface area contributed by atoms with E-state index in [1.54, 1.807) is 6.20 Å². The summed E-state index contributed by atoms with van der Waals surface area (Å²) >= 11 is 0. The van der Waals surface area contributed by atoms with Crippen molar-refractivity contribution in [3.05, 3.63) is 24.0 Å². The number of nitrogens with two attached hydrogens (primary N) is 1. The molecular weight excluding hydrogens is 226 g/mol. The number of anilines is 1. The highest BCUT2D eigenvalue weighted by Crippen LogP contribution is 2.20. The standard InChI is InChI=1S/C13H21N5/c1-10(2)17-6-8-18(9-7-17)11-4-3-5-16-12(11)13(14)15/h3-5,10H,6-9H2,1-2H3,(H3,14,15). The van der Waals surface area contributed by atoms with Crippen molar-refractivity contribution in [3.63, 3.8) is 0 Å². The maximum absolute atomic E-state index is 7.58. The predicted octanol–water partition coefficient (Wildman–Crippen LogP) is 0.896. The van der Waals surface area contributed by atoms with Crippen molar-refractivity contribution in [1.82, 2.24) is 9.88 Å². The number of nitrogen functional groups attached to an aromatic ring is 1. The highest BCUT2D eigenvalue weighted by Gasteiger charge is 2.21. The molecule has 0 aliphatic carbocycles. The topological polar surface area (TPSA) is 69.2 Å². The molecule has 98 valence electrons. The van der Waals surface area contributed by atoms with Gasteiger partial charge in [0, 0.05) is 38.4 Å². The summed E-state index contributed by atoms with van der Waals surface area (Å²) in [6.45, 7) is 8.46. The minimum absolute atomic E-state index is 0.0388. The molecule has 1 aromatic heterocycles. The molecule has 0 saturated carbocycles. The fourth-order valence-electron chi connectivity index (χ4n) is 2.34. The fourth-order valence-corrected chi connectivity index (χ4v) is 2.34. The Balaban J connectivity index is 2.12. The Morgan fingerprint density at radius 3 is 2.56 bits per heavy atom. The van der Waals surface area contributed by atoms with Crippen LogP contribution in [0.25, 0.3) is 0 Å². The molecule has 0 unspecified atom stereocenters. The monoisotopic (exact) mass is 247 g/mol. The first-order chi connectivity index (χ1) is 8.59. The van der Waals surface area contributed by atoms with E-state index >= 15 is 0 Å². The average molecular weight is 247 g/mol. The maximum Gasteiger partial charge on any atom is 0.143 e. The molecule has 2 heterocycles. The Labute approximate surface area is 108 Å². The van der Waals surface area contributed by atoms with E-state index in [-0.39, 0.29) is 5.84 Å². The Morgan fingerprint density at radius 1 is 1.33 bits per heavy atom. The van der Waals surface area contributed by atoms with Gasteiger partial charge in [-0.1, -0.05) is 0 Å². The molecule has 5 heteroatoms. The summed E-state index contributed by atoms with van der Waals surface area (Å²) in [5.74, 6) is 0.0388. The second-order valence-corrected chi connectivity index (χ2v) is 4.90. The van der Waals surface area contributed by atoms with E-state index in [0.29, 0.717) is 11.7 Å². The van der Waals surface area contributed by atoms with Gasteiger partial charge in [0.1, 0.15) is 11.5 Å². The Hall–Kier alpha value is -1.62. The van der Waals surface area contributed by atoms with Gasteiger partial charge in [-0.25, -0.2) is 0 Å². The Kier molecular flexibility index (Phi) is 3.81. The molecule has 0 radical (unpaired) electrons. The summed E-state index contributed by atoms with van der Waals surface area (Å²) in [6.07, 6.45) is 1.69. The molecule has 1 aromatic rings. The SMILES string of the molecule is CC(C)N1CCN(c2cccnc2C(=N)N)CC1. The minimum Gasteiger partial charge on any atom is -0.382 e. The maximum atomic E-state index is 7.58. The summed E-state index contributed by atoms with van der Waals surface area (Å²) in [4.78, 5) is 8.93. The van der Waals surface area contributed by atoms with Crippen LogP contribution >= 0.6 is 0 Å². The summed E-state index contributed by atoms with van der Waals surface area (Å²) < 4.78 is 0. The van der Waals surface area contributed by atoms with Crippen LogP contribution in [0.4, 0.5) is 5.69 Å². The molecule has 3 N–H and O–H groups in total. The average Bonchev–Trinajstić information content (AvgIpc) is 2.39. The van der Waals surface area contributed by atoms with Crippen LogP contribution < -0.4 is 10.6 Å². The lowest BCUT2D eigenvalue weighted by Crippen LogP contribution is -2.49. The van der Waals surface area contributed by atoms with Crippen LogP contribution in [-0.2, 0) is 0 Å². The van der Waals surface area contributed by atoms with Crippen molar-refractivity contribution < 1.29 is 0 Å². The third kappa shape index (κ3) is 2.61. The molecule has 1 aliphatic rings. The largest absolute Gasteiger partial charge is 0.382 e. The van der Waals surface area contributed by atoms with Crippen molar-refractivity contribution in [1.29, 1.82) is 5.41 Å². The van der Waals surface area contributed by atoms with Gasteiger partial charge in [-0.05, 0) is 26.0 Å². The van der Waals surface area contributed by atoms with Crippen molar-refractivity contribution in [2.75, 3.05) is 31.1 Å². The van der Waals surface area contributed by atoms with Gasteiger partial charge in [-0.2, -0.15) is 0 Å². The number of aromatic nitrogens is 1. The Morgan fingerprint density at radius 2 is 2.00 bits per heavy atom. The normalized spacial score (nSPS) is 17.2. The number of piperazine rings is 1. The van der Waals surface area contributed by atoms with Crippen LogP contribution in [0.3, 0.4) is 0 Å². The number of amidine groups is 1. The lowest BCUT2D eigenvalue weighted by molar-refractivity contribution is 0.209. The minimum atomic E-state index is 0.0388. The first kappa shape index (κ1) is 12.8. The lowest BCUT2D eigenvalue weighted by Gasteiger charge is -2.38. The van der Waals surface area contributed by atoms with Crippen LogP contribution in [0.5, 0.6) is 0 Å². The quantitative estimate of drug-likeness (QED) is 0.615. The van der Waals surface area contributed by atoms with Gasteiger partial charge in [0.05, 0.1) is 5.69 Å². The second-order valence-electron chi connectivity index (χ2n) is 4.90. The number of nitrogens with one attached hydrogen (secondary N) is 1. The van der Waals surface area contributed by atoms with Crippen molar-refractivity contribution in [2.24, 2.45) is 5.73 Å². The van der Waals surface area contributed by atoms with Crippen LogP contribution in [0, 0.1) is 5.41 Å². The van der Waals surface area contributed by atoms with Gasteiger partial charge in [0.25, 0.3) is 0 Å². The van der Waals surface area contributed by atoms with E-state index in [1.807, 2.05) is 12.1 Å². The van der Waals surface area contributed by atoms with Gasteiger partial charge in [-0.15, -0.1) is 0 Å². The smallest absolute Gasteiger partial charge is 0.143 e. The molecule has 2 rings (SSSR count). The van der Waals surface area contributed by atoms with Crippen LogP contribution in [0.1, 0.15) is 19.5 Å². The summed E-state index contributed by atoms with van der Waals surface area (Å²) in [5, 5.41) is 7.58. The first-order valence-corrected chi connectivity index (χ1v) is 6.38. The zero-order valence-corrected chi connectivity index (χ0v) is 11.1. The molecule has 1 fully saturated rings. The molecule has 5 nitrogen and oxygen atoms in total. The van der Waals surface area contributed by atoms with Gasteiger partial charge in [0.2, 0.25) is 0 Å². The van der Waals surface area contributed by atoms with Gasteiger partial charge in [-0.3, -0.25) is 15.3 Å². The highest BCUT2D eigenvalue weighted by molar-refractivity contribution is 5.98. The molecular formula is C13H21N5. The van der Waals surface area contributed by atoms with Crippen LogP contribution in [-0.4, -0.2) is 47.9 Å². The van der Waals surface area contributed by atoms with Crippen LogP contribution in [0.2, 0.25) is 0 Å².